The average Bonchev–Trinajstić information content (AvgIpc) is 1.72. The minimum atomic E-state index is -0.909. The van der Waals surface area contributed by atoms with Gasteiger partial charge < -0.3 is 16.2 Å². The molecule has 3 aliphatic rings. The predicted octanol–water partition coefficient (Wildman–Crippen LogP) is 0.524. The van der Waals surface area contributed by atoms with E-state index in [1.807, 2.05) is 6.92 Å². The molecule has 3 rings (SSSR count). The zero-order chi connectivity index (χ0) is 8.98. The molecule has 4 N–H and O–H groups in total. The zero-order valence-electron chi connectivity index (χ0n) is 7.13. The van der Waals surface area contributed by atoms with Crippen LogP contribution in [0, 0.1) is 5.41 Å². The van der Waals surface area contributed by atoms with Crippen LogP contribution in [-0.2, 0) is 0 Å². The van der Waals surface area contributed by atoms with Crippen LogP contribution in [0.5, 0.6) is 0 Å². The van der Waals surface area contributed by atoms with Crippen molar-refractivity contribution >= 4 is 6.09 Å². The van der Waals surface area contributed by atoms with Crippen molar-refractivity contribution in [2.24, 2.45) is 11.1 Å². The Morgan fingerprint density at radius 1 is 1.58 bits per heavy atom. The van der Waals surface area contributed by atoms with Crippen LogP contribution in [0.4, 0.5) is 4.79 Å². The molecule has 0 spiro atoms. The van der Waals surface area contributed by atoms with Crippen molar-refractivity contribution in [2.45, 2.75) is 37.8 Å². The first-order chi connectivity index (χ1) is 5.48. The average molecular weight is 170 g/mol. The number of hydrogen-bond acceptors (Lipinski definition) is 2. The van der Waals surface area contributed by atoms with E-state index in [0.717, 1.165) is 19.3 Å². The molecule has 0 radical (unpaired) electrons. The van der Waals surface area contributed by atoms with Crippen molar-refractivity contribution in [1.29, 1.82) is 0 Å². The fourth-order valence-electron chi connectivity index (χ4n) is 2.71. The van der Waals surface area contributed by atoms with Crippen molar-refractivity contribution in [1.82, 2.24) is 5.32 Å². The fourth-order valence-corrected chi connectivity index (χ4v) is 2.71. The molecule has 12 heavy (non-hydrogen) atoms. The Morgan fingerprint density at radius 3 is 2.42 bits per heavy atom. The van der Waals surface area contributed by atoms with E-state index in [0.29, 0.717) is 0 Å². The van der Waals surface area contributed by atoms with Gasteiger partial charge in [-0.25, -0.2) is 4.79 Å². The van der Waals surface area contributed by atoms with Crippen molar-refractivity contribution < 1.29 is 9.90 Å². The summed E-state index contributed by atoms with van der Waals surface area (Å²) in [5, 5.41) is 11.1. The maximum absolute atomic E-state index is 10.4. The summed E-state index contributed by atoms with van der Waals surface area (Å²) in [5.41, 5.74) is 5.95. The van der Waals surface area contributed by atoms with Crippen LogP contribution in [0.1, 0.15) is 26.2 Å². The number of nitrogens with two attached hydrogens (primary N) is 1. The summed E-state index contributed by atoms with van der Waals surface area (Å²) in [7, 11) is 0. The van der Waals surface area contributed by atoms with Gasteiger partial charge in [0.2, 0.25) is 0 Å². The lowest BCUT2D eigenvalue weighted by atomic mass is 9.37. The highest BCUT2D eigenvalue weighted by molar-refractivity contribution is 5.67. The third kappa shape index (κ3) is 0.784. The lowest BCUT2D eigenvalue weighted by Crippen LogP contribution is -2.78. The van der Waals surface area contributed by atoms with Crippen LogP contribution in [0.25, 0.3) is 0 Å². The summed E-state index contributed by atoms with van der Waals surface area (Å²) in [4.78, 5) is 10.4. The van der Waals surface area contributed by atoms with Gasteiger partial charge in [-0.3, -0.25) is 0 Å². The van der Waals surface area contributed by atoms with Gasteiger partial charge in [0.25, 0.3) is 0 Å². The molecule has 0 aromatic carbocycles. The molecule has 0 aromatic heterocycles. The largest absolute Gasteiger partial charge is 0.465 e. The summed E-state index contributed by atoms with van der Waals surface area (Å²) in [5.74, 6) is 0. The zero-order valence-corrected chi connectivity index (χ0v) is 7.13. The summed E-state index contributed by atoms with van der Waals surface area (Å²) in [6.07, 6.45) is 1.89. The van der Waals surface area contributed by atoms with E-state index in [-0.39, 0.29) is 17.0 Å². The molecule has 4 nitrogen and oxygen atoms in total. The van der Waals surface area contributed by atoms with Gasteiger partial charge in [-0.05, 0) is 31.6 Å². The second kappa shape index (κ2) is 1.93. The van der Waals surface area contributed by atoms with E-state index in [2.05, 4.69) is 5.32 Å². The Hall–Kier alpha value is -0.770. The molecule has 0 saturated heterocycles. The normalized spacial score (nSPS) is 45.5. The number of amides is 1. The Kier molecular flexibility index (Phi) is 1.27. The van der Waals surface area contributed by atoms with Crippen LogP contribution in [0.15, 0.2) is 0 Å². The van der Waals surface area contributed by atoms with E-state index in [1.165, 1.54) is 0 Å². The topological polar surface area (TPSA) is 75.3 Å². The number of carbonyl (C=O) groups is 1. The summed E-state index contributed by atoms with van der Waals surface area (Å²) in [6, 6.07) is 0.204. The molecule has 3 fully saturated rings. The molecule has 1 amide bonds. The van der Waals surface area contributed by atoms with Crippen LogP contribution in [0.2, 0.25) is 0 Å². The van der Waals surface area contributed by atoms with E-state index >= 15 is 0 Å². The van der Waals surface area contributed by atoms with Gasteiger partial charge in [-0.1, -0.05) is 0 Å². The van der Waals surface area contributed by atoms with Crippen molar-refractivity contribution in [2.75, 3.05) is 0 Å². The van der Waals surface area contributed by atoms with E-state index in [4.69, 9.17) is 10.8 Å². The van der Waals surface area contributed by atoms with Crippen LogP contribution in [0.3, 0.4) is 0 Å². The number of rotatable bonds is 2. The van der Waals surface area contributed by atoms with Crippen LogP contribution in [-0.4, -0.2) is 22.8 Å². The monoisotopic (exact) mass is 170 g/mol. The van der Waals surface area contributed by atoms with E-state index in [1.54, 1.807) is 0 Å². The van der Waals surface area contributed by atoms with E-state index in [9.17, 15) is 4.79 Å². The molecular weight excluding hydrogens is 156 g/mol. The molecule has 4 heteroatoms. The molecule has 2 bridgehead atoms. The highest BCUT2D eigenvalue weighted by atomic mass is 16.4. The molecule has 3 saturated carbocycles. The third-order valence-corrected chi connectivity index (χ3v) is 3.41. The van der Waals surface area contributed by atoms with E-state index < -0.39 is 6.09 Å². The quantitative estimate of drug-likeness (QED) is 0.565. The van der Waals surface area contributed by atoms with Gasteiger partial charge >= 0.3 is 6.09 Å². The lowest BCUT2D eigenvalue weighted by molar-refractivity contribution is -0.160. The predicted molar refractivity (Wildman–Crippen MR) is 43.8 cm³/mol. The Balaban J connectivity index is 1.91. The summed E-state index contributed by atoms with van der Waals surface area (Å²) in [6.45, 7) is 2.00. The first kappa shape index (κ1) is 7.86. The molecule has 0 aromatic rings. The number of nitrogens with one attached hydrogen (secondary N) is 1. The van der Waals surface area contributed by atoms with Gasteiger partial charge in [0.15, 0.2) is 0 Å². The highest BCUT2D eigenvalue weighted by Gasteiger charge is 2.69. The molecule has 68 valence electrons. The summed E-state index contributed by atoms with van der Waals surface area (Å²) < 4.78 is 0. The summed E-state index contributed by atoms with van der Waals surface area (Å²) >= 11 is 0. The highest BCUT2D eigenvalue weighted by Crippen LogP contribution is 2.68. The first-order valence-corrected chi connectivity index (χ1v) is 4.25. The minimum absolute atomic E-state index is 0.0978. The fraction of sp³-hybridized carbons (Fsp3) is 0.875. The van der Waals surface area contributed by atoms with Crippen molar-refractivity contribution in [3.63, 3.8) is 0 Å². The SMILES string of the molecule is C[C@H](N)C12CC(NC(=O)O)(C1)C2. The van der Waals surface area contributed by atoms with Gasteiger partial charge in [0, 0.05) is 11.6 Å². The van der Waals surface area contributed by atoms with Gasteiger partial charge in [0.1, 0.15) is 0 Å². The second-order valence-electron chi connectivity index (χ2n) is 4.39. The Labute approximate surface area is 71.1 Å². The molecular formula is C8H14N2O2. The van der Waals surface area contributed by atoms with Gasteiger partial charge in [0.05, 0.1) is 0 Å². The number of carboxylic acid groups (broad SMARTS) is 1. The number of hydrogen-bond donors (Lipinski definition) is 3. The molecule has 0 unspecified atom stereocenters. The van der Waals surface area contributed by atoms with Crippen molar-refractivity contribution in [3.8, 4) is 0 Å². The molecule has 0 aliphatic heterocycles. The maximum atomic E-state index is 10.4. The molecule has 0 heterocycles. The smallest absolute Gasteiger partial charge is 0.405 e. The first-order valence-electron chi connectivity index (χ1n) is 4.25. The third-order valence-electron chi connectivity index (χ3n) is 3.41. The molecule has 3 aliphatic carbocycles. The standard InChI is InChI=1S/C8H14N2O2/c1-5(9)7-2-8(3-7,4-7)10-6(11)12/h5,10H,2-4,9H2,1H3,(H,11,12)/t5-,7?,8?/m0/s1. The maximum Gasteiger partial charge on any atom is 0.405 e. The van der Waals surface area contributed by atoms with Crippen molar-refractivity contribution in [3.05, 3.63) is 0 Å². The minimum Gasteiger partial charge on any atom is -0.465 e. The molecule has 1 atom stereocenters. The van der Waals surface area contributed by atoms with Crippen LogP contribution < -0.4 is 11.1 Å². The Bertz CT molecular complexity index is 217. The lowest BCUT2D eigenvalue weighted by Gasteiger charge is -2.72. The van der Waals surface area contributed by atoms with Crippen LogP contribution >= 0.6 is 0 Å². The second-order valence-corrected chi connectivity index (χ2v) is 4.39. The Morgan fingerprint density at radius 2 is 2.08 bits per heavy atom. The van der Waals surface area contributed by atoms with Gasteiger partial charge in [-0.2, -0.15) is 0 Å². The van der Waals surface area contributed by atoms with Gasteiger partial charge in [-0.15, -0.1) is 0 Å².